The van der Waals surface area contributed by atoms with Crippen LogP contribution in [-0.2, 0) is 0 Å². The number of carbonyl (C=O) groups excluding carboxylic acids is 1. The molecule has 1 aromatic heterocycles. The number of thiophene rings is 1. The van der Waals surface area contributed by atoms with Crippen molar-refractivity contribution >= 4 is 29.5 Å². The van der Waals surface area contributed by atoms with Gasteiger partial charge in [0.2, 0.25) is 0 Å². The minimum Gasteiger partial charge on any atom is -0.326 e. The second kappa shape index (κ2) is 5.61. The highest BCUT2D eigenvalue weighted by atomic mass is 35.5. The maximum absolute atomic E-state index is 11.7. The molecule has 1 aliphatic heterocycles. The van der Waals surface area contributed by atoms with Crippen molar-refractivity contribution < 1.29 is 4.79 Å². The zero-order valence-corrected chi connectivity index (χ0v) is 10.0. The summed E-state index contributed by atoms with van der Waals surface area (Å²) < 4.78 is 0. The molecule has 0 aliphatic carbocycles. The Balaban J connectivity index is 0.00000112. The molecule has 1 aromatic rings. The van der Waals surface area contributed by atoms with Crippen LogP contribution in [0.1, 0.15) is 16.1 Å². The Morgan fingerprint density at radius 3 is 3.00 bits per heavy atom. The molecular formula is C10H15ClN2OS. The first-order valence-electron chi connectivity index (χ1n) is 4.80. The van der Waals surface area contributed by atoms with Crippen molar-refractivity contribution in [3.63, 3.8) is 0 Å². The van der Waals surface area contributed by atoms with Gasteiger partial charge in [-0.25, -0.2) is 0 Å². The molecule has 3 nitrogen and oxygen atoms in total. The van der Waals surface area contributed by atoms with E-state index >= 15 is 0 Å². The molecule has 2 rings (SSSR count). The van der Waals surface area contributed by atoms with Crippen molar-refractivity contribution in [1.29, 1.82) is 0 Å². The van der Waals surface area contributed by atoms with Gasteiger partial charge in [0.05, 0.1) is 11.4 Å². The smallest absolute Gasteiger partial charge is 0.186 e. The highest BCUT2D eigenvalue weighted by Gasteiger charge is 2.21. The van der Waals surface area contributed by atoms with Gasteiger partial charge in [-0.05, 0) is 17.9 Å². The lowest BCUT2D eigenvalue weighted by Gasteiger charge is -2.12. The normalized spacial score (nSPS) is 21.3. The number of halogens is 1. The summed E-state index contributed by atoms with van der Waals surface area (Å²) in [6, 6.07) is 4.04. The number of ketones is 1. The van der Waals surface area contributed by atoms with Crippen LogP contribution in [0.2, 0.25) is 0 Å². The van der Waals surface area contributed by atoms with Crippen LogP contribution in [0.25, 0.3) is 0 Å². The summed E-state index contributed by atoms with van der Waals surface area (Å²) in [6.45, 7) is 2.34. The van der Waals surface area contributed by atoms with Crippen molar-refractivity contribution in [2.24, 2.45) is 5.73 Å². The summed E-state index contributed by atoms with van der Waals surface area (Å²) in [7, 11) is 0. The van der Waals surface area contributed by atoms with Gasteiger partial charge in [-0.3, -0.25) is 9.69 Å². The Morgan fingerprint density at radius 1 is 1.67 bits per heavy atom. The maximum atomic E-state index is 11.7. The van der Waals surface area contributed by atoms with Gasteiger partial charge in [0.15, 0.2) is 5.78 Å². The molecule has 1 aliphatic rings. The van der Waals surface area contributed by atoms with Crippen LogP contribution >= 0.6 is 23.7 Å². The molecule has 2 heterocycles. The SMILES string of the molecule is Cl.NC1CCN(CC(=O)c2cccs2)C1. The molecule has 0 bridgehead atoms. The second-order valence-corrected chi connectivity index (χ2v) is 4.63. The number of nitrogens with zero attached hydrogens (tertiary/aromatic N) is 1. The summed E-state index contributed by atoms with van der Waals surface area (Å²) in [5, 5.41) is 1.93. The first kappa shape index (κ1) is 12.6. The number of likely N-dealkylation sites (tertiary alicyclic amines) is 1. The van der Waals surface area contributed by atoms with E-state index in [0.717, 1.165) is 24.4 Å². The molecule has 1 fully saturated rings. The molecule has 1 unspecified atom stereocenters. The molecule has 1 atom stereocenters. The first-order chi connectivity index (χ1) is 6.75. The maximum Gasteiger partial charge on any atom is 0.186 e. The number of nitrogens with two attached hydrogens (primary N) is 1. The topological polar surface area (TPSA) is 46.3 Å². The average molecular weight is 247 g/mol. The third-order valence-corrected chi connectivity index (χ3v) is 3.38. The van der Waals surface area contributed by atoms with Gasteiger partial charge in [0, 0.05) is 19.1 Å². The van der Waals surface area contributed by atoms with E-state index < -0.39 is 0 Å². The highest BCUT2D eigenvalue weighted by molar-refractivity contribution is 7.12. The Labute approximate surface area is 99.7 Å². The van der Waals surface area contributed by atoms with E-state index in [1.54, 1.807) is 0 Å². The number of hydrogen-bond donors (Lipinski definition) is 1. The third kappa shape index (κ3) is 3.28. The van der Waals surface area contributed by atoms with E-state index in [4.69, 9.17) is 5.73 Å². The quantitative estimate of drug-likeness (QED) is 0.820. The Kier molecular flexibility index (Phi) is 4.73. The standard InChI is InChI=1S/C10H14N2OS.ClH/c11-8-3-4-12(6-8)7-9(13)10-2-1-5-14-10;/h1-2,5,8H,3-4,6-7,11H2;1H. The Bertz CT molecular complexity index is 315. The molecule has 2 N–H and O–H groups in total. The molecule has 0 aromatic carbocycles. The number of Topliss-reactive ketones (excluding diaryl/α,β-unsaturated/α-hetero) is 1. The predicted octanol–water partition coefficient (Wildman–Crippen LogP) is 1.39. The number of hydrogen-bond acceptors (Lipinski definition) is 4. The van der Waals surface area contributed by atoms with E-state index in [2.05, 4.69) is 4.90 Å². The van der Waals surface area contributed by atoms with E-state index in [9.17, 15) is 4.79 Å². The van der Waals surface area contributed by atoms with Crippen molar-refractivity contribution in [3.8, 4) is 0 Å². The van der Waals surface area contributed by atoms with Crippen LogP contribution < -0.4 is 5.73 Å². The fourth-order valence-corrected chi connectivity index (χ4v) is 2.38. The monoisotopic (exact) mass is 246 g/mol. The molecule has 0 spiro atoms. The minimum atomic E-state index is 0. The molecule has 84 valence electrons. The van der Waals surface area contributed by atoms with Crippen LogP contribution in [0.3, 0.4) is 0 Å². The van der Waals surface area contributed by atoms with Gasteiger partial charge in [0.1, 0.15) is 0 Å². The number of rotatable bonds is 3. The van der Waals surface area contributed by atoms with Crippen LogP contribution in [0.5, 0.6) is 0 Å². The van der Waals surface area contributed by atoms with E-state index in [1.807, 2.05) is 17.5 Å². The van der Waals surface area contributed by atoms with Crippen LogP contribution in [0, 0.1) is 0 Å². The zero-order chi connectivity index (χ0) is 9.97. The summed E-state index contributed by atoms with van der Waals surface area (Å²) >= 11 is 1.51. The van der Waals surface area contributed by atoms with Gasteiger partial charge in [0.25, 0.3) is 0 Å². The largest absolute Gasteiger partial charge is 0.326 e. The molecule has 0 radical (unpaired) electrons. The Morgan fingerprint density at radius 2 is 2.47 bits per heavy atom. The summed E-state index contributed by atoms with van der Waals surface area (Å²) in [5.41, 5.74) is 5.77. The molecule has 5 heteroatoms. The van der Waals surface area contributed by atoms with Crippen molar-refractivity contribution in [1.82, 2.24) is 4.90 Å². The predicted molar refractivity (Wildman–Crippen MR) is 64.9 cm³/mol. The van der Waals surface area contributed by atoms with E-state index in [0.29, 0.717) is 6.54 Å². The number of carbonyl (C=O) groups is 1. The highest BCUT2D eigenvalue weighted by Crippen LogP contribution is 2.12. The van der Waals surface area contributed by atoms with Gasteiger partial charge >= 0.3 is 0 Å². The molecule has 0 saturated carbocycles. The van der Waals surface area contributed by atoms with Gasteiger partial charge in [-0.15, -0.1) is 23.7 Å². The lowest BCUT2D eigenvalue weighted by molar-refractivity contribution is 0.0949. The van der Waals surface area contributed by atoms with E-state index in [-0.39, 0.29) is 24.2 Å². The molecule has 15 heavy (non-hydrogen) atoms. The van der Waals surface area contributed by atoms with Crippen LogP contribution in [-0.4, -0.2) is 36.4 Å². The lowest BCUT2D eigenvalue weighted by Crippen LogP contribution is -2.30. The lowest BCUT2D eigenvalue weighted by atomic mass is 10.3. The van der Waals surface area contributed by atoms with Gasteiger partial charge in [-0.2, -0.15) is 0 Å². The van der Waals surface area contributed by atoms with Crippen molar-refractivity contribution in [2.45, 2.75) is 12.5 Å². The summed E-state index contributed by atoms with van der Waals surface area (Å²) in [6.07, 6.45) is 1.01. The fourth-order valence-electron chi connectivity index (χ4n) is 1.72. The molecule has 1 saturated heterocycles. The Hall–Kier alpha value is -0.420. The molecular weight excluding hydrogens is 232 g/mol. The van der Waals surface area contributed by atoms with Crippen LogP contribution in [0.15, 0.2) is 17.5 Å². The fraction of sp³-hybridized carbons (Fsp3) is 0.500. The van der Waals surface area contributed by atoms with Crippen molar-refractivity contribution in [2.75, 3.05) is 19.6 Å². The minimum absolute atomic E-state index is 0. The first-order valence-corrected chi connectivity index (χ1v) is 5.68. The third-order valence-electron chi connectivity index (χ3n) is 2.47. The van der Waals surface area contributed by atoms with Crippen LogP contribution in [0.4, 0.5) is 0 Å². The summed E-state index contributed by atoms with van der Waals surface area (Å²) in [5.74, 6) is 0.217. The molecule has 0 amide bonds. The average Bonchev–Trinajstić information content (AvgIpc) is 2.75. The second-order valence-electron chi connectivity index (χ2n) is 3.68. The van der Waals surface area contributed by atoms with Gasteiger partial charge < -0.3 is 5.73 Å². The zero-order valence-electron chi connectivity index (χ0n) is 8.39. The van der Waals surface area contributed by atoms with Gasteiger partial charge in [-0.1, -0.05) is 6.07 Å². The van der Waals surface area contributed by atoms with E-state index in [1.165, 1.54) is 11.3 Å². The van der Waals surface area contributed by atoms with Crippen molar-refractivity contribution in [3.05, 3.63) is 22.4 Å². The summed E-state index contributed by atoms with van der Waals surface area (Å²) in [4.78, 5) is 14.7.